The third-order valence-electron chi connectivity index (χ3n) is 4.79. The minimum atomic E-state index is 0. The highest BCUT2D eigenvalue weighted by Gasteiger charge is 2.43. The lowest BCUT2D eigenvalue weighted by molar-refractivity contribution is 0.410. The van der Waals surface area contributed by atoms with Crippen LogP contribution in [0, 0.1) is 0 Å². The highest BCUT2D eigenvalue weighted by atomic mass is 127. The van der Waals surface area contributed by atoms with Gasteiger partial charge in [0.15, 0.2) is 5.96 Å². The van der Waals surface area contributed by atoms with Gasteiger partial charge in [-0.2, -0.15) is 0 Å². The van der Waals surface area contributed by atoms with Crippen LogP contribution in [0.3, 0.4) is 0 Å². The van der Waals surface area contributed by atoms with Crippen molar-refractivity contribution in [2.75, 3.05) is 20.7 Å². The second kappa shape index (κ2) is 9.12. The maximum Gasteiger partial charge on any atom is 0.191 e. The van der Waals surface area contributed by atoms with E-state index >= 15 is 0 Å². The van der Waals surface area contributed by atoms with Gasteiger partial charge < -0.3 is 20.5 Å². The zero-order valence-electron chi connectivity index (χ0n) is 15.2. The topological polar surface area (TPSA) is 65.9 Å². The van der Waals surface area contributed by atoms with Crippen LogP contribution in [0.1, 0.15) is 24.0 Å². The molecule has 140 valence electrons. The van der Waals surface area contributed by atoms with E-state index in [9.17, 15) is 5.11 Å². The number of methoxy groups -OCH3 is 1. The molecule has 1 aliphatic carbocycles. The third-order valence-corrected chi connectivity index (χ3v) is 4.79. The molecule has 0 spiro atoms. The Hall–Kier alpha value is -1.96. The van der Waals surface area contributed by atoms with E-state index in [1.807, 2.05) is 12.1 Å². The second-order valence-electron chi connectivity index (χ2n) is 6.42. The number of phenolic OH excluding ortho intramolecular Hbond substituents is 1. The van der Waals surface area contributed by atoms with Gasteiger partial charge in [-0.1, -0.05) is 30.3 Å². The Bertz CT molecular complexity index is 746. The molecule has 3 rings (SSSR count). The van der Waals surface area contributed by atoms with E-state index in [1.54, 1.807) is 26.3 Å². The molecule has 1 saturated carbocycles. The molecule has 6 heteroatoms. The van der Waals surface area contributed by atoms with Gasteiger partial charge in [0.2, 0.25) is 0 Å². The standard InChI is InChI=1S/C20H25N3O2.HI/c1-21-19(22-13-15-12-17(25-2)8-9-18(15)24)23-14-20(10-11-20)16-6-4-3-5-7-16;/h3-9,12,24H,10-11,13-14H2,1-2H3,(H2,21,22,23);1H. The first-order chi connectivity index (χ1) is 12.2. The lowest BCUT2D eigenvalue weighted by atomic mass is 9.96. The Morgan fingerprint density at radius 1 is 1.15 bits per heavy atom. The number of aliphatic imine (C=N–C) groups is 1. The van der Waals surface area contributed by atoms with E-state index in [4.69, 9.17) is 4.74 Å². The van der Waals surface area contributed by atoms with Gasteiger partial charge in [0.25, 0.3) is 0 Å². The number of halogens is 1. The van der Waals surface area contributed by atoms with Crippen molar-refractivity contribution < 1.29 is 9.84 Å². The van der Waals surface area contributed by atoms with E-state index in [1.165, 1.54) is 18.4 Å². The Morgan fingerprint density at radius 3 is 2.50 bits per heavy atom. The van der Waals surface area contributed by atoms with E-state index in [2.05, 4.69) is 39.9 Å². The maximum absolute atomic E-state index is 9.98. The van der Waals surface area contributed by atoms with Crippen molar-refractivity contribution in [3.05, 3.63) is 59.7 Å². The first kappa shape index (κ1) is 20.4. The third kappa shape index (κ3) is 4.81. The number of hydrogen-bond acceptors (Lipinski definition) is 3. The number of aromatic hydroxyl groups is 1. The summed E-state index contributed by atoms with van der Waals surface area (Å²) in [6.07, 6.45) is 2.38. The molecule has 0 aromatic heterocycles. The fourth-order valence-electron chi connectivity index (χ4n) is 2.99. The summed E-state index contributed by atoms with van der Waals surface area (Å²) in [5, 5.41) is 16.6. The molecule has 0 amide bonds. The molecule has 1 aliphatic rings. The van der Waals surface area contributed by atoms with Gasteiger partial charge in [0, 0.05) is 31.1 Å². The van der Waals surface area contributed by atoms with E-state index in [0.29, 0.717) is 6.54 Å². The van der Waals surface area contributed by atoms with Crippen molar-refractivity contribution in [2.24, 2.45) is 4.99 Å². The molecule has 0 unspecified atom stereocenters. The average Bonchev–Trinajstić information content (AvgIpc) is 3.45. The van der Waals surface area contributed by atoms with Crippen LogP contribution in [0.2, 0.25) is 0 Å². The summed E-state index contributed by atoms with van der Waals surface area (Å²) >= 11 is 0. The number of benzene rings is 2. The van der Waals surface area contributed by atoms with Crippen molar-refractivity contribution in [1.82, 2.24) is 10.6 Å². The van der Waals surface area contributed by atoms with Gasteiger partial charge in [-0.05, 0) is 36.6 Å². The highest BCUT2D eigenvalue weighted by molar-refractivity contribution is 14.0. The quantitative estimate of drug-likeness (QED) is 0.346. The highest BCUT2D eigenvalue weighted by Crippen LogP contribution is 2.47. The van der Waals surface area contributed by atoms with Crippen LogP contribution in [0.4, 0.5) is 0 Å². The second-order valence-corrected chi connectivity index (χ2v) is 6.42. The first-order valence-electron chi connectivity index (χ1n) is 8.53. The molecule has 0 radical (unpaired) electrons. The van der Waals surface area contributed by atoms with Gasteiger partial charge in [0.05, 0.1) is 7.11 Å². The summed E-state index contributed by atoms with van der Waals surface area (Å²) in [5.41, 5.74) is 2.37. The molecular weight excluding hydrogens is 441 g/mol. The fraction of sp³-hybridized carbons (Fsp3) is 0.350. The molecule has 2 aromatic carbocycles. The summed E-state index contributed by atoms with van der Waals surface area (Å²) in [6.45, 7) is 1.32. The lowest BCUT2D eigenvalue weighted by Gasteiger charge is -2.19. The number of guanidine groups is 1. The van der Waals surface area contributed by atoms with Crippen LogP contribution in [0.5, 0.6) is 11.5 Å². The zero-order chi connectivity index (χ0) is 17.7. The summed E-state index contributed by atoms with van der Waals surface area (Å²) in [4.78, 5) is 4.28. The lowest BCUT2D eigenvalue weighted by Crippen LogP contribution is -2.40. The van der Waals surface area contributed by atoms with Gasteiger partial charge >= 0.3 is 0 Å². The van der Waals surface area contributed by atoms with E-state index in [-0.39, 0.29) is 35.1 Å². The average molecular weight is 467 g/mol. The smallest absolute Gasteiger partial charge is 0.191 e. The molecule has 0 bridgehead atoms. The fourth-order valence-corrected chi connectivity index (χ4v) is 2.99. The number of ether oxygens (including phenoxy) is 1. The molecule has 1 fully saturated rings. The van der Waals surface area contributed by atoms with Crippen molar-refractivity contribution in [1.29, 1.82) is 0 Å². The summed E-state index contributed by atoms with van der Waals surface area (Å²) in [5.74, 6) is 1.69. The molecule has 0 aliphatic heterocycles. The minimum Gasteiger partial charge on any atom is -0.508 e. The van der Waals surface area contributed by atoms with E-state index in [0.717, 1.165) is 23.8 Å². The minimum absolute atomic E-state index is 0. The summed E-state index contributed by atoms with van der Waals surface area (Å²) < 4.78 is 5.21. The largest absolute Gasteiger partial charge is 0.508 e. The van der Waals surface area contributed by atoms with Gasteiger partial charge in [0.1, 0.15) is 11.5 Å². The predicted molar refractivity (Wildman–Crippen MR) is 116 cm³/mol. The van der Waals surface area contributed by atoms with Crippen molar-refractivity contribution in [2.45, 2.75) is 24.8 Å². The van der Waals surface area contributed by atoms with Crippen LogP contribution in [-0.4, -0.2) is 31.8 Å². The molecule has 26 heavy (non-hydrogen) atoms. The van der Waals surface area contributed by atoms with Crippen LogP contribution in [-0.2, 0) is 12.0 Å². The molecule has 0 atom stereocenters. The Labute approximate surface area is 171 Å². The number of rotatable bonds is 6. The molecule has 0 heterocycles. The molecule has 0 saturated heterocycles. The normalized spacial score (nSPS) is 14.9. The molecule has 2 aromatic rings. The van der Waals surface area contributed by atoms with Crippen molar-refractivity contribution >= 4 is 29.9 Å². The maximum atomic E-state index is 9.98. The molecule has 5 nitrogen and oxygen atoms in total. The monoisotopic (exact) mass is 467 g/mol. The predicted octanol–water partition coefficient (Wildman–Crippen LogP) is 3.42. The SMILES string of the molecule is CN=C(NCc1cc(OC)ccc1O)NCC1(c2ccccc2)CC1.I. The number of phenols is 1. The number of nitrogens with zero attached hydrogens (tertiary/aromatic N) is 1. The van der Waals surface area contributed by atoms with Crippen molar-refractivity contribution in [3.8, 4) is 11.5 Å². The number of hydrogen-bond donors (Lipinski definition) is 3. The Morgan fingerprint density at radius 2 is 1.88 bits per heavy atom. The molecular formula is C20H26IN3O2. The van der Waals surface area contributed by atoms with Crippen LogP contribution >= 0.6 is 24.0 Å². The molecule has 3 N–H and O–H groups in total. The summed E-state index contributed by atoms with van der Waals surface area (Å²) in [6, 6.07) is 15.8. The first-order valence-corrected chi connectivity index (χ1v) is 8.53. The van der Waals surface area contributed by atoms with E-state index < -0.39 is 0 Å². The van der Waals surface area contributed by atoms with Gasteiger partial charge in [-0.25, -0.2) is 0 Å². The van der Waals surface area contributed by atoms with Crippen LogP contribution in [0.15, 0.2) is 53.5 Å². The number of nitrogens with one attached hydrogen (secondary N) is 2. The van der Waals surface area contributed by atoms with Gasteiger partial charge in [-0.15, -0.1) is 24.0 Å². The van der Waals surface area contributed by atoms with Crippen LogP contribution < -0.4 is 15.4 Å². The van der Waals surface area contributed by atoms with Gasteiger partial charge in [-0.3, -0.25) is 4.99 Å². The van der Waals surface area contributed by atoms with Crippen LogP contribution in [0.25, 0.3) is 0 Å². The van der Waals surface area contributed by atoms with Crippen molar-refractivity contribution in [3.63, 3.8) is 0 Å². The zero-order valence-corrected chi connectivity index (χ0v) is 17.5. The summed E-state index contributed by atoms with van der Waals surface area (Å²) in [7, 11) is 3.37. The Kier molecular flexibility index (Phi) is 7.14. The Balaban J connectivity index is 0.00000243.